The summed E-state index contributed by atoms with van der Waals surface area (Å²) in [6, 6.07) is 8.63. The molecule has 1 heterocycles. The summed E-state index contributed by atoms with van der Waals surface area (Å²) in [5, 5.41) is 3.10. The highest BCUT2D eigenvalue weighted by molar-refractivity contribution is 5.82. The van der Waals surface area contributed by atoms with Crippen LogP contribution in [0.4, 0.5) is 0 Å². The van der Waals surface area contributed by atoms with Crippen LogP contribution in [0.2, 0.25) is 0 Å². The summed E-state index contributed by atoms with van der Waals surface area (Å²) < 4.78 is 0. The van der Waals surface area contributed by atoms with Crippen molar-refractivity contribution in [2.75, 3.05) is 13.6 Å². The molecule has 3 nitrogen and oxygen atoms in total. The molecule has 2 rings (SSSR count). The highest BCUT2D eigenvalue weighted by Gasteiger charge is 2.27. The van der Waals surface area contributed by atoms with Crippen LogP contribution in [0.5, 0.6) is 0 Å². The van der Waals surface area contributed by atoms with Crippen LogP contribution in [0.3, 0.4) is 0 Å². The van der Waals surface area contributed by atoms with Crippen LogP contribution < -0.4 is 5.32 Å². The van der Waals surface area contributed by atoms with Gasteiger partial charge in [0.05, 0.1) is 6.04 Å². The van der Waals surface area contributed by atoms with Gasteiger partial charge in [-0.25, -0.2) is 0 Å². The van der Waals surface area contributed by atoms with Gasteiger partial charge in [0.25, 0.3) is 0 Å². The lowest BCUT2D eigenvalue weighted by Gasteiger charge is -2.32. The lowest BCUT2D eigenvalue weighted by molar-refractivity contribution is -0.136. The Hall–Kier alpha value is -1.35. The Morgan fingerprint density at radius 1 is 1.32 bits per heavy atom. The van der Waals surface area contributed by atoms with Gasteiger partial charge >= 0.3 is 0 Å². The molecule has 0 radical (unpaired) electrons. The molecule has 104 valence electrons. The van der Waals surface area contributed by atoms with Crippen LogP contribution in [-0.2, 0) is 11.3 Å². The molecule has 1 saturated heterocycles. The minimum absolute atomic E-state index is 0.00341. The van der Waals surface area contributed by atoms with Crippen molar-refractivity contribution in [1.29, 1.82) is 0 Å². The lowest BCUT2D eigenvalue weighted by Crippen LogP contribution is -2.49. The van der Waals surface area contributed by atoms with E-state index >= 15 is 0 Å². The zero-order valence-corrected chi connectivity index (χ0v) is 12.1. The molecule has 3 heteroatoms. The van der Waals surface area contributed by atoms with Crippen molar-refractivity contribution in [2.24, 2.45) is 0 Å². The number of amides is 1. The number of hydrogen-bond acceptors (Lipinski definition) is 2. The molecule has 1 aromatic rings. The van der Waals surface area contributed by atoms with Gasteiger partial charge in [-0.15, -0.1) is 0 Å². The summed E-state index contributed by atoms with van der Waals surface area (Å²) in [6.45, 7) is 6.00. The molecule has 1 fully saturated rings. The number of carbonyl (C=O) groups excluding carboxylic acids is 1. The molecule has 1 aliphatic heterocycles. The zero-order chi connectivity index (χ0) is 13.8. The van der Waals surface area contributed by atoms with Gasteiger partial charge in [-0.3, -0.25) is 4.79 Å². The van der Waals surface area contributed by atoms with Crippen molar-refractivity contribution < 1.29 is 4.79 Å². The van der Waals surface area contributed by atoms with E-state index in [0.717, 1.165) is 25.9 Å². The average molecular weight is 260 g/mol. The largest absolute Gasteiger partial charge is 0.337 e. The first kappa shape index (κ1) is 14.1. The van der Waals surface area contributed by atoms with Gasteiger partial charge < -0.3 is 10.2 Å². The normalized spacial score (nSPS) is 20.1. The Balaban J connectivity index is 2.02. The number of nitrogens with one attached hydrogen (secondary N) is 1. The van der Waals surface area contributed by atoms with E-state index in [1.165, 1.54) is 11.1 Å². The second-order valence-electron chi connectivity index (χ2n) is 5.64. The summed E-state index contributed by atoms with van der Waals surface area (Å²) in [5.74, 6) is 0.793. The standard InChI is InChI=1S/C16H24N2O/c1-12(2)14-8-6-13(7-9-14)11-18-10-4-5-15(17-3)16(18)19/h6-9,12,15,17H,4-5,10-11H2,1-3H3. The van der Waals surface area contributed by atoms with Gasteiger partial charge in [0.2, 0.25) is 5.91 Å². The molecule has 19 heavy (non-hydrogen) atoms. The summed E-state index contributed by atoms with van der Waals surface area (Å²) >= 11 is 0. The predicted molar refractivity (Wildman–Crippen MR) is 78.0 cm³/mol. The van der Waals surface area contributed by atoms with Gasteiger partial charge in [0, 0.05) is 13.1 Å². The molecule has 1 amide bonds. The third-order valence-electron chi connectivity index (χ3n) is 3.90. The van der Waals surface area contributed by atoms with Crippen LogP contribution >= 0.6 is 0 Å². The van der Waals surface area contributed by atoms with E-state index in [-0.39, 0.29) is 11.9 Å². The topological polar surface area (TPSA) is 32.3 Å². The Labute approximate surface area is 116 Å². The first-order chi connectivity index (χ1) is 9.11. The molecule has 1 N–H and O–H groups in total. The van der Waals surface area contributed by atoms with Crippen molar-refractivity contribution in [2.45, 2.75) is 45.2 Å². The number of benzene rings is 1. The van der Waals surface area contributed by atoms with Crippen molar-refractivity contribution in [3.63, 3.8) is 0 Å². The van der Waals surface area contributed by atoms with Crippen molar-refractivity contribution >= 4 is 5.91 Å². The van der Waals surface area contributed by atoms with E-state index in [0.29, 0.717) is 5.92 Å². The molecule has 0 aliphatic carbocycles. The maximum atomic E-state index is 12.2. The maximum absolute atomic E-state index is 12.2. The van der Waals surface area contributed by atoms with E-state index in [4.69, 9.17) is 0 Å². The summed E-state index contributed by atoms with van der Waals surface area (Å²) in [7, 11) is 1.86. The SMILES string of the molecule is CNC1CCCN(Cc2ccc(C(C)C)cc2)C1=O. The lowest BCUT2D eigenvalue weighted by atomic mass is 10.0. The van der Waals surface area contributed by atoms with E-state index in [9.17, 15) is 4.79 Å². The van der Waals surface area contributed by atoms with Crippen molar-refractivity contribution in [1.82, 2.24) is 10.2 Å². The molecule has 1 aromatic carbocycles. The monoisotopic (exact) mass is 260 g/mol. The zero-order valence-electron chi connectivity index (χ0n) is 12.1. The summed E-state index contributed by atoms with van der Waals surface area (Å²) in [6.07, 6.45) is 2.04. The number of hydrogen-bond donors (Lipinski definition) is 1. The highest BCUT2D eigenvalue weighted by atomic mass is 16.2. The number of rotatable bonds is 4. The molecule has 0 bridgehead atoms. The molecule has 0 aromatic heterocycles. The molecule has 0 saturated carbocycles. The molecular weight excluding hydrogens is 236 g/mol. The van der Waals surface area contributed by atoms with E-state index in [1.807, 2.05) is 11.9 Å². The molecule has 1 aliphatic rings. The van der Waals surface area contributed by atoms with Crippen molar-refractivity contribution in [3.8, 4) is 0 Å². The highest BCUT2D eigenvalue weighted by Crippen LogP contribution is 2.18. The predicted octanol–water partition coefficient (Wildman–Crippen LogP) is 2.52. The first-order valence-electron chi connectivity index (χ1n) is 7.16. The molecule has 0 spiro atoms. The van der Waals surface area contributed by atoms with Gasteiger partial charge in [-0.1, -0.05) is 38.1 Å². The van der Waals surface area contributed by atoms with Crippen LogP contribution in [0, 0.1) is 0 Å². The smallest absolute Gasteiger partial charge is 0.239 e. The van der Waals surface area contributed by atoms with Crippen molar-refractivity contribution in [3.05, 3.63) is 35.4 Å². The summed E-state index contributed by atoms with van der Waals surface area (Å²) in [4.78, 5) is 14.2. The fourth-order valence-corrected chi connectivity index (χ4v) is 2.59. The third-order valence-corrected chi connectivity index (χ3v) is 3.90. The number of piperidine rings is 1. The van der Waals surface area contributed by atoms with E-state index in [2.05, 4.69) is 43.4 Å². The Morgan fingerprint density at radius 2 is 2.00 bits per heavy atom. The van der Waals surface area contributed by atoms with Gasteiger partial charge in [-0.05, 0) is 36.9 Å². The third kappa shape index (κ3) is 3.35. The van der Waals surface area contributed by atoms with E-state index < -0.39 is 0 Å². The Kier molecular flexibility index (Phi) is 4.59. The minimum atomic E-state index is 0.00341. The van der Waals surface area contributed by atoms with Crippen LogP contribution in [0.1, 0.15) is 43.7 Å². The van der Waals surface area contributed by atoms with Crippen LogP contribution in [0.15, 0.2) is 24.3 Å². The fourth-order valence-electron chi connectivity index (χ4n) is 2.59. The van der Waals surface area contributed by atoms with Gasteiger partial charge in [0.15, 0.2) is 0 Å². The van der Waals surface area contributed by atoms with Crippen LogP contribution in [0.25, 0.3) is 0 Å². The first-order valence-corrected chi connectivity index (χ1v) is 7.16. The Bertz CT molecular complexity index is 425. The molecule has 1 atom stereocenters. The molecular formula is C16H24N2O. The maximum Gasteiger partial charge on any atom is 0.239 e. The second kappa shape index (κ2) is 6.20. The fraction of sp³-hybridized carbons (Fsp3) is 0.562. The second-order valence-corrected chi connectivity index (χ2v) is 5.64. The quantitative estimate of drug-likeness (QED) is 0.902. The Morgan fingerprint density at radius 3 is 2.58 bits per heavy atom. The number of likely N-dealkylation sites (tertiary alicyclic amines) is 1. The van der Waals surface area contributed by atoms with Crippen LogP contribution in [-0.4, -0.2) is 30.4 Å². The van der Waals surface area contributed by atoms with Gasteiger partial charge in [0.1, 0.15) is 0 Å². The van der Waals surface area contributed by atoms with Gasteiger partial charge in [-0.2, -0.15) is 0 Å². The summed E-state index contributed by atoms with van der Waals surface area (Å²) in [5.41, 5.74) is 2.57. The number of likely N-dealkylation sites (N-methyl/N-ethyl adjacent to an activating group) is 1. The number of nitrogens with zero attached hydrogens (tertiary/aromatic N) is 1. The minimum Gasteiger partial charge on any atom is -0.337 e. The van der Waals surface area contributed by atoms with E-state index in [1.54, 1.807) is 0 Å². The molecule has 1 unspecified atom stereocenters. The average Bonchev–Trinajstić information content (AvgIpc) is 2.42. The number of carbonyl (C=O) groups is 1.